The van der Waals surface area contributed by atoms with E-state index in [1.807, 2.05) is 36.6 Å². The van der Waals surface area contributed by atoms with Gasteiger partial charge in [-0.3, -0.25) is 4.57 Å². The van der Waals surface area contributed by atoms with E-state index < -0.39 is 0 Å². The first-order chi connectivity index (χ1) is 9.97. The summed E-state index contributed by atoms with van der Waals surface area (Å²) in [6.07, 6.45) is 0. The Balaban J connectivity index is 2.19. The average Bonchev–Trinajstić information content (AvgIpc) is 2.76. The molecule has 2 aromatic heterocycles. The van der Waals surface area contributed by atoms with Gasteiger partial charge in [0.05, 0.1) is 11.6 Å². The van der Waals surface area contributed by atoms with Crippen LogP contribution in [-0.4, -0.2) is 14.5 Å². The highest BCUT2D eigenvalue weighted by molar-refractivity contribution is 7.71. The number of pyridine rings is 1. The predicted octanol–water partition coefficient (Wildman–Crippen LogP) is 4.46. The van der Waals surface area contributed by atoms with Crippen LogP contribution in [0.15, 0.2) is 30.3 Å². The number of aromatic nitrogens is 3. The highest BCUT2D eigenvalue weighted by atomic mass is 32.1. The Kier molecular flexibility index (Phi) is 3.37. The minimum atomic E-state index is -0.199. The number of halogens is 1. The number of benzene rings is 1. The van der Waals surface area contributed by atoms with Crippen LogP contribution in [0.2, 0.25) is 0 Å². The summed E-state index contributed by atoms with van der Waals surface area (Å²) in [6.45, 7) is 5.69. The van der Waals surface area contributed by atoms with Crippen LogP contribution in [0.1, 0.15) is 29.8 Å². The minimum Gasteiger partial charge on any atom is -0.329 e. The van der Waals surface area contributed by atoms with Gasteiger partial charge in [-0.15, -0.1) is 0 Å². The molecule has 0 bridgehead atoms. The maximum atomic E-state index is 13.8. The lowest BCUT2D eigenvalue weighted by atomic mass is 10.1. The van der Waals surface area contributed by atoms with Crippen LogP contribution in [0.3, 0.4) is 0 Å². The van der Waals surface area contributed by atoms with Crippen LogP contribution in [0.5, 0.6) is 0 Å². The quantitative estimate of drug-likeness (QED) is 0.709. The topological polar surface area (TPSA) is 33.6 Å². The van der Waals surface area contributed by atoms with E-state index in [1.165, 1.54) is 0 Å². The number of hydrogen-bond acceptors (Lipinski definition) is 2. The lowest BCUT2D eigenvalue weighted by molar-refractivity contribution is 0.599. The van der Waals surface area contributed by atoms with E-state index in [-0.39, 0.29) is 11.9 Å². The number of nitrogens with one attached hydrogen (secondary N) is 1. The molecule has 0 fully saturated rings. The third-order valence-electron chi connectivity index (χ3n) is 3.77. The highest BCUT2D eigenvalue weighted by Crippen LogP contribution is 2.24. The number of aromatic amines is 1. The molecule has 0 aliphatic rings. The summed E-state index contributed by atoms with van der Waals surface area (Å²) < 4.78 is 16.3. The number of rotatable bonds is 2. The number of imidazole rings is 1. The summed E-state index contributed by atoms with van der Waals surface area (Å²) >= 11 is 5.40. The van der Waals surface area contributed by atoms with Crippen LogP contribution in [-0.2, 0) is 0 Å². The SMILES string of the molecule is Cc1ccc2[nH]c(=S)n(C(C)c3ccc(C)c(F)c3)c2n1. The van der Waals surface area contributed by atoms with Gasteiger partial charge in [0.15, 0.2) is 10.4 Å². The van der Waals surface area contributed by atoms with Crippen molar-refractivity contribution in [2.24, 2.45) is 0 Å². The minimum absolute atomic E-state index is 0.0874. The van der Waals surface area contributed by atoms with E-state index in [4.69, 9.17) is 12.2 Å². The fraction of sp³-hybridized carbons (Fsp3) is 0.250. The van der Waals surface area contributed by atoms with Gasteiger partial charge < -0.3 is 4.98 Å². The Hall–Kier alpha value is -2.01. The molecule has 108 valence electrons. The first-order valence-electron chi connectivity index (χ1n) is 6.81. The maximum Gasteiger partial charge on any atom is 0.179 e. The van der Waals surface area contributed by atoms with Gasteiger partial charge in [0, 0.05) is 5.69 Å². The van der Waals surface area contributed by atoms with Crippen LogP contribution in [0.25, 0.3) is 11.2 Å². The van der Waals surface area contributed by atoms with Crippen LogP contribution >= 0.6 is 12.2 Å². The first-order valence-corrected chi connectivity index (χ1v) is 7.22. The molecule has 2 heterocycles. The zero-order valence-corrected chi connectivity index (χ0v) is 13.0. The summed E-state index contributed by atoms with van der Waals surface area (Å²) in [4.78, 5) is 7.71. The van der Waals surface area contributed by atoms with Gasteiger partial charge in [0.2, 0.25) is 0 Å². The van der Waals surface area contributed by atoms with E-state index in [0.717, 1.165) is 22.4 Å². The molecule has 0 amide bonds. The largest absolute Gasteiger partial charge is 0.329 e. The standard InChI is InChI=1S/C16H16FN3S/c1-9-4-6-12(8-13(9)17)11(3)20-15-14(19-16(20)21)7-5-10(2)18-15/h4-8,11H,1-3H3,(H,19,21). The molecule has 3 rings (SSSR count). The van der Waals surface area contributed by atoms with Crippen molar-refractivity contribution >= 4 is 23.4 Å². The summed E-state index contributed by atoms with van der Waals surface area (Å²) in [7, 11) is 0. The molecule has 1 N–H and O–H groups in total. The van der Waals surface area contributed by atoms with E-state index in [2.05, 4.69) is 9.97 Å². The molecule has 1 aromatic carbocycles. The van der Waals surface area contributed by atoms with Crippen molar-refractivity contribution in [3.8, 4) is 0 Å². The number of aryl methyl sites for hydroxylation is 2. The van der Waals surface area contributed by atoms with E-state index in [0.29, 0.717) is 10.3 Å². The molecule has 3 nitrogen and oxygen atoms in total. The second kappa shape index (κ2) is 5.07. The van der Waals surface area contributed by atoms with Gasteiger partial charge in [0.1, 0.15) is 5.82 Å². The molecule has 1 unspecified atom stereocenters. The van der Waals surface area contributed by atoms with Crippen molar-refractivity contribution in [1.82, 2.24) is 14.5 Å². The van der Waals surface area contributed by atoms with E-state index >= 15 is 0 Å². The lowest BCUT2D eigenvalue weighted by Crippen LogP contribution is -2.08. The van der Waals surface area contributed by atoms with Crippen molar-refractivity contribution < 1.29 is 4.39 Å². The monoisotopic (exact) mass is 301 g/mol. The van der Waals surface area contributed by atoms with Crippen LogP contribution in [0, 0.1) is 24.4 Å². The smallest absolute Gasteiger partial charge is 0.179 e. The van der Waals surface area contributed by atoms with Crippen molar-refractivity contribution in [1.29, 1.82) is 0 Å². The Labute approximate surface area is 127 Å². The van der Waals surface area contributed by atoms with Crippen molar-refractivity contribution in [2.75, 3.05) is 0 Å². The molecular formula is C16H16FN3S. The molecule has 1 atom stereocenters. The van der Waals surface area contributed by atoms with Gasteiger partial charge in [-0.05, 0) is 62.3 Å². The van der Waals surface area contributed by atoms with Gasteiger partial charge in [-0.1, -0.05) is 12.1 Å². The first kappa shape index (κ1) is 13.9. The van der Waals surface area contributed by atoms with Gasteiger partial charge in [-0.2, -0.15) is 0 Å². The van der Waals surface area contributed by atoms with Gasteiger partial charge in [0.25, 0.3) is 0 Å². The summed E-state index contributed by atoms with van der Waals surface area (Å²) in [5.74, 6) is -0.199. The molecule has 3 aromatic rings. The molecule has 5 heteroatoms. The molecule has 0 saturated heterocycles. The Morgan fingerprint density at radius 2 is 2.00 bits per heavy atom. The maximum absolute atomic E-state index is 13.8. The highest BCUT2D eigenvalue weighted by Gasteiger charge is 2.15. The molecule has 0 spiro atoms. The second-order valence-corrected chi connectivity index (χ2v) is 5.70. The van der Waals surface area contributed by atoms with Crippen LogP contribution < -0.4 is 0 Å². The molecule has 0 aliphatic heterocycles. The van der Waals surface area contributed by atoms with Gasteiger partial charge >= 0.3 is 0 Å². The van der Waals surface area contributed by atoms with Crippen molar-refractivity contribution in [2.45, 2.75) is 26.8 Å². The van der Waals surface area contributed by atoms with Crippen molar-refractivity contribution in [3.63, 3.8) is 0 Å². The predicted molar refractivity (Wildman–Crippen MR) is 84.6 cm³/mol. The zero-order chi connectivity index (χ0) is 15.1. The average molecular weight is 301 g/mol. The summed E-state index contributed by atoms with van der Waals surface area (Å²) in [6, 6.07) is 9.10. The molecule has 21 heavy (non-hydrogen) atoms. The Morgan fingerprint density at radius 3 is 2.71 bits per heavy atom. The second-order valence-electron chi connectivity index (χ2n) is 5.31. The Bertz CT molecular complexity index is 879. The molecule has 0 radical (unpaired) electrons. The van der Waals surface area contributed by atoms with E-state index in [9.17, 15) is 4.39 Å². The zero-order valence-electron chi connectivity index (χ0n) is 12.1. The van der Waals surface area contributed by atoms with Crippen LogP contribution in [0.4, 0.5) is 4.39 Å². The Morgan fingerprint density at radius 1 is 1.24 bits per heavy atom. The fourth-order valence-electron chi connectivity index (χ4n) is 2.47. The van der Waals surface area contributed by atoms with E-state index in [1.54, 1.807) is 19.1 Å². The third-order valence-corrected chi connectivity index (χ3v) is 4.07. The number of nitrogens with zero attached hydrogens (tertiary/aromatic N) is 2. The molecule has 0 aliphatic carbocycles. The molecular weight excluding hydrogens is 285 g/mol. The normalized spacial score (nSPS) is 12.8. The van der Waals surface area contributed by atoms with Crippen molar-refractivity contribution in [3.05, 3.63) is 57.7 Å². The number of fused-ring (bicyclic) bond motifs is 1. The third kappa shape index (κ3) is 2.38. The summed E-state index contributed by atoms with van der Waals surface area (Å²) in [5.41, 5.74) is 4.13. The fourth-order valence-corrected chi connectivity index (χ4v) is 2.83. The number of H-pyrrole nitrogens is 1. The lowest BCUT2D eigenvalue weighted by Gasteiger charge is -2.15. The number of hydrogen-bond donors (Lipinski definition) is 1. The molecule has 0 saturated carbocycles. The summed E-state index contributed by atoms with van der Waals surface area (Å²) in [5, 5.41) is 0. The van der Waals surface area contributed by atoms with Gasteiger partial charge in [-0.25, -0.2) is 9.37 Å².